The van der Waals surface area contributed by atoms with E-state index in [9.17, 15) is 0 Å². The maximum atomic E-state index is 5.70. The molecule has 1 saturated heterocycles. The van der Waals surface area contributed by atoms with Crippen LogP contribution in [0.15, 0.2) is 6.07 Å². The van der Waals surface area contributed by atoms with Crippen molar-refractivity contribution in [1.29, 1.82) is 0 Å². The topological polar surface area (TPSA) is 50.3 Å². The normalized spacial score (nSPS) is 18.2. The van der Waals surface area contributed by atoms with E-state index < -0.39 is 0 Å². The second-order valence-electron chi connectivity index (χ2n) is 5.32. The molecule has 20 heavy (non-hydrogen) atoms. The summed E-state index contributed by atoms with van der Waals surface area (Å²) in [4.78, 5) is 11.4. The van der Waals surface area contributed by atoms with E-state index in [1.165, 1.54) is 6.42 Å². The summed E-state index contributed by atoms with van der Waals surface area (Å²) in [6, 6.07) is 2.03. The Bertz CT molecular complexity index is 394. The van der Waals surface area contributed by atoms with Gasteiger partial charge in [0.25, 0.3) is 0 Å². The highest BCUT2D eigenvalue weighted by Crippen LogP contribution is 2.19. The highest BCUT2D eigenvalue weighted by molar-refractivity contribution is 5.49. The van der Waals surface area contributed by atoms with Gasteiger partial charge in [0.2, 0.25) is 0 Å². The molecule has 0 bridgehead atoms. The van der Waals surface area contributed by atoms with Crippen molar-refractivity contribution in [1.82, 2.24) is 9.97 Å². The molecule has 0 spiro atoms. The van der Waals surface area contributed by atoms with Gasteiger partial charge < -0.3 is 15.0 Å². The van der Waals surface area contributed by atoms with Crippen molar-refractivity contribution >= 4 is 11.6 Å². The molecule has 5 heteroatoms. The number of rotatable bonds is 7. The molecule has 1 fully saturated rings. The van der Waals surface area contributed by atoms with Crippen LogP contribution in [0.4, 0.5) is 11.6 Å². The van der Waals surface area contributed by atoms with Crippen molar-refractivity contribution < 1.29 is 4.74 Å². The van der Waals surface area contributed by atoms with Crippen LogP contribution in [0.1, 0.15) is 38.9 Å². The number of ether oxygens (including phenoxy) is 1. The van der Waals surface area contributed by atoms with E-state index in [0.717, 1.165) is 56.4 Å². The minimum Gasteiger partial charge on any atom is -0.376 e. The fourth-order valence-electron chi connectivity index (χ4n) is 2.47. The Morgan fingerprint density at radius 1 is 1.40 bits per heavy atom. The van der Waals surface area contributed by atoms with E-state index in [-0.39, 0.29) is 0 Å². The number of aromatic nitrogens is 2. The van der Waals surface area contributed by atoms with Gasteiger partial charge in [-0.25, -0.2) is 9.97 Å². The van der Waals surface area contributed by atoms with Gasteiger partial charge in [-0.1, -0.05) is 6.92 Å². The molecule has 0 aliphatic carbocycles. The lowest BCUT2D eigenvalue weighted by atomic mass is 10.2. The first-order chi connectivity index (χ1) is 9.72. The van der Waals surface area contributed by atoms with E-state index in [1.54, 1.807) is 0 Å². The molecular formula is C15H26N4O. The summed E-state index contributed by atoms with van der Waals surface area (Å²) in [5.41, 5.74) is 0. The summed E-state index contributed by atoms with van der Waals surface area (Å²) in [5, 5.41) is 3.29. The Balaban J connectivity index is 2.10. The van der Waals surface area contributed by atoms with Crippen molar-refractivity contribution in [2.75, 3.05) is 37.0 Å². The first kappa shape index (κ1) is 15.0. The molecule has 0 radical (unpaired) electrons. The second kappa shape index (κ2) is 7.43. The average Bonchev–Trinajstić information content (AvgIpc) is 2.92. The van der Waals surface area contributed by atoms with Crippen LogP contribution < -0.4 is 10.2 Å². The zero-order chi connectivity index (χ0) is 14.4. The molecule has 1 aromatic heterocycles. The fraction of sp³-hybridized carbons (Fsp3) is 0.733. The zero-order valence-corrected chi connectivity index (χ0v) is 12.9. The SMILES string of the molecule is CCCc1nc(NCC)cc(N(C)CC2CCCO2)n1. The molecule has 112 valence electrons. The summed E-state index contributed by atoms with van der Waals surface area (Å²) in [7, 11) is 2.08. The van der Waals surface area contributed by atoms with E-state index in [1.807, 2.05) is 6.07 Å². The number of nitrogens with zero attached hydrogens (tertiary/aromatic N) is 3. The van der Waals surface area contributed by atoms with Gasteiger partial charge in [0.05, 0.1) is 6.10 Å². The molecule has 0 amide bonds. The van der Waals surface area contributed by atoms with Crippen LogP contribution in [0, 0.1) is 0 Å². The third-order valence-electron chi connectivity index (χ3n) is 3.48. The van der Waals surface area contributed by atoms with E-state index in [0.29, 0.717) is 6.10 Å². The third kappa shape index (κ3) is 4.07. The predicted octanol–water partition coefficient (Wildman–Crippen LogP) is 2.48. The maximum absolute atomic E-state index is 5.70. The van der Waals surface area contributed by atoms with Crippen LogP contribution in [0.2, 0.25) is 0 Å². The van der Waals surface area contributed by atoms with Crippen LogP contribution in [0.5, 0.6) is 0 Å². The van der Waals surface area contributed by atoms with E-state index in [2.05, 4.69) is 41.1 Å². The van der Waals surface area contributed by atoms with Crippen molar-refractivity contribution in [3.63, 3.8) is 0 Å². The summed E-state index contributed by atoms with van der Waals surface area (Å²) in [6.07, 6.45) is 4.64. The Morgan fingerprint density at radius 3 is 2.90 bits per heavy atom. The number of nitrogens with one attached hydrogen (secondary N) is 1. The van der Waals surface area contributed by atoms with Crippen molar-refractivity contribution in [2.45, 2.75) is 45.6 Å². The maximum Gasteiger partial charge on any atom is 0.134 e. The molecule has 1 aliphatic rings. The second-order valence-corrected chi connectivity index (χ2v) is 5.32. The predicted molar refractivity (Wildman–Crippen MR) is 82.4 cm³/mol. The fourth-order valence-corrected chi connectivity index (χ4v) is 2.47. The number of hydrogen-bond acceptors (Lipinski definition) is 5. The highest BCUT2D eigenvalue weighted by atomic mass is 16.5. The minimum absolute atomic E-state index is 0.340. The number of hydrogen-bond donors (Lipinski definition) is 1. The summed E-state index contributed by atoms with van der Waals surface area (Å²) < 4.78 is 5.70. The lowest BCUT2D eigenvalue weighted by molar-refractivity contribution is 0.116. The molecule has 1 aromatic rings. The monoisotopic (exact) mass is 278 g/mol. The molecule has 1 unspecified atom stereocenters. The van der Waals surface area contributed by atoms with Gasteiger partial charge in [0.15, 0.2) is 0 Å². The van der Waals surface area contributed by atoms with Gasteiger partial charge in [-0.05, 0) is 26.2 Å². The molecule has 1 aliphatic heterocycles. The van der Waals surface area contributed by atoms with Gasteiger partial charge in [0.1, 0.15) is 17.5 Å². The van der Waals surface area contributed by atoms with Crippen molar-refractivity contribution in [3.05, 3.63) is 11.9 Å². The van der Waals surface area contributed by atoms with Gasteiger partial charge in [-0.15, -0.1) is 0 Å². The average molecular weight is 278 g/mol. The van der Waals surface area contributed by atoms with Crippen LogP contribution in [-0.4, -0.2) is 42.8 Å². The number of anilines is 2. The van der Waals surface area contributed by atoms with Gasteiger partial charge in [-0.3, -0.25) is 0 Å². The van der Waals surface area contributed by atoms with Gasteiger partial charge >= 0.3 is 0 Å². The Hall–Kier alpha value is -1.36. The molecule has 2 rings (SSSR count). The quantitative estimate of drug-likeness (QED) is 0.830. The van der Waals surface area contributed by atoms with Crippen LogP contribution >= 0.6 is 0 Å². The number of aryl methyl sites for hydroxylation is 1. The van der Waals surface area contributed by atoms with Crippen LogP contribution in [0.25, 0.3) is 0 Å². The summed E-state index contributed by atoms with van der Waals surface area (Å²) in [6.45, 7) is 6.90. The lowest BCUT2D eigenvalue weighted by Crippen LogP contribution is -2.29. The van der Waals surface area contributed by atoms with Gasteiger partial charge in [0, 0.05) is 39.2 Å². The molecule has 0 aromatic carbocycles. The molecule has 1 atom stereocenters. The molecular weight excluding hydrogens is 252 g/mol. The van der Waals surface area contributed by atoms with Crippen molar-refractivity contribution in [3.8, 4) is 0 Å². The molecule has 1 N–H and O–H groups in total. The van der Waals surface area contributed by atoms with E-state index >= 15 is 0 Å². The first-order valence-corrected chi connectivity index (χ1v) is 7.67. The molecule has 2 heterocycles. The van der Waals surface area contributed by atoms with Crippen LogP contribution in [-0.2, 0) is 11.2 Å². The van der Waals surface area contributed by atoms with Crippen molar-refractivity contribution in [2.24, 2.45) is 0 Å². The standard InChI is InChI=1S/C15H26N4O/c1-4-7-13-17-14(16-5-2)10-15(18-13)19(3)11-12-8-6-9-20-12/h10,12H,4-9,11H2,1-3H3,(H,16,17,18). The minimum atomic E-state index is 0.340. The van der Waals surface area contributed by atoms with Crippen LogP contribution in [0.3, 0.4) is 0 Å². The number of likely N-dealkylation sites (N-methyl/N-ethyl adjacent to an activating group) is 1. The van der Waals surface area contributed by atoms with Gasteiger partial charge in [-0.2, -0.15) is 0 Å². The summed E-state index contributed by atoms with van der Waals surface area (Å²) >= 11 is 0. The molecule has 5 nitrogen and oxygen atoms in total. The smallest absolute Gasteiger partial charge is 0.134 e. The Labute approximate surface area is 121 Å². The first-order valence-electron chi connectivity index (χ1n) is 7.67. The highest BCUT2D eigenvalue weighted by Gasteiger charge is 2.18. The summed E-state index contributed by atoms with van der Waals surface area (Å²) in [5.74, 6) is 2.81. The Kier molecular flexibility index (Phi) is 5.59. The third-order valence-corrected chi connectivity index (χ3v) is 3.48. The Morgan fingerprint density at radius 2 is 2.25 bits per heavy atom. The molecule has 0 saturated carbocycles. The van der Waals surface area contributed by atoms with E-state index in [4.69, 9.17) is 4.74 Å². The zero-order valence-electron chi connectivity index (χ0n) is 12.9. The lowest BCUT2D eigenvalue weighted by Gasteiger charge is -2.22. The largest absolute Gasteiger partial charge is 0.376 e.